The fraction of sp³-hybridized carbons (Fsp3) is 0.933. The Balaban J connectivity index is 1.78. The average Bonchev–Trinajstić information content (AvgIpc) is 2.30. The number of fused-ring (bicyclic) bond motifs is 2. The van der Waals surface area contributed by atoms with Crippen molar-refractivity contribution < 1.29 is 4.79 Å². The van der Waals surface area contributed by atoms with E-state index in [9.17, 15) is 4.79 Å². The van der Waals surface area contributed by atoms with E-state index in [-0.39, 0.29) is 11.9 Å². The van der Waals surface area contributed by atoms with Crippen molar-refractivity contribution >= 4 is 5.91 Å². The molecule has 2 fully saturated rings. The molecule has 3 N–H and O–H groups in total. The SMILES string of the molecule is CCCC(N)CC(=O)NC1CC2CCCC(C1)N2C. The summed E-state index contributed by atoms with van der Waals surface area (Å²) in [6, 6.07) is 1.73. The molecule has 2 aliphatic rings. The van der Waals surface area contributed by atoms with Crippen molar-refractivity contribution in [2.24, 2.45) is 5.73 Å². The van der Waals surface area contributed by atoms with Gasteiger partial charge in [-0.1, -0.05) is 19.8 Å². The quantitative estimate of drug-likeness (QED) is 0.796. The Morgan fingerprint density at radius 1 is 1.37 bits per heavy atom. The molecule has 2 saturated heterocycles. The fourth-order valence-electron chi connectivity index (χ4n) is 3.73. The Morgan fingerprint density at radius 2 is 2.00 bits per heavy atom. The number of rotatable bonds is 5. The van der Waals surface area contributed by atoms with Gasteiger partial charge in [0.2, 0.25) is 5.91 Å². The largest absolute Gasteiger partial charge is 0.353 e. The third-order valence-corrected chi connectivity index (χ3v) is 4.81. The van der Waals surface area contributed by atoms with E-state index in [0.717, 1.165) is 25.7 Å². The topological polar surface area (TPSA) is 58.4 Å². The lowest BCUT2D eigenvalue weighted by molar-refractivity contribution is -0.123. The van der Waals surface area contributed by atoms with Crippen LogP contribution in [0.3, 0.4) is 0 Å². The highest BCUT2D eigenvalue weighted by molar-refractivity contribution is 5.76. The smallest absolute Gasteiger partial charge is 0.221 e. The molecule has 110 valence electrons. The Morgan fingerprint density at radius 3 is 2.58 bits per heavy atom. The van der Waals surface area contributed by atoms with Gasteiger partial charge >= 0.3 is 0 Å². The first-order chi connectivity index (χ1) is 9.10. The molecule has 0 spiro atoms. The van der Waals surface area contributed by atoms with Crippen LogP contribution in [-0.2, 0) is 4.79 Å². The molecule has 2 aliphatic heterocycles. The van der Waals surface area contributed by atoms with Crippen LogP contribution in [0.4, 0.5) is 0 Å². The number of carbonyl (C=O) groups excluding carboxylic acids is 1. The zero-order valence-electron chi connectivity index (χ0n) is 12.4. The maximum absolute atomic E-state index is 12.0. The number of hydrogen-bond acceptors (Lipinski definition) is 3. The first kappa shape index (κ1) is 14.8. The summed E-state index contributed by atoms with van der Waals surface area (Å²) in [7, 11) is 2.24. The number of nitrogens with zero attached hydrogens (tertiary/aromatic N) is 1. The van der Waals surface area contributed by atoms with Crippen molar-refractivity contribution in [3.05, 3.63) is 0 Å². The van der Waals surface area contributed by atoms with E-state index in [1.807, 2.05) is 0 Å². The van der Waals surface area contributed by atoms with Crippen LogP contribution in [0.1, 0.15) is 58.3 Å². The van der Waals surface area contributed by atoms with Crippen LogP contribution in [0.15, 0.2) is 0 Å². The standard InChI is InChI=1S/C15H29N3O/c1-3-5-11(16)8-15(19)17-12-9-13-6-4-7-14(10-12)18(13)2/h11-14H,3-10,16H2,1-2H3,(H,17,19). The first-order valence-corrected chi connectivity index (χ1v) is 7.87. The maximum Gasteiger partial charge on any atom is 0.221 e. The average molecular weight is 267 g/mol. The Labute approximate surface area is 117 Å². The molecule has 0 radical (unpaired) electrons. The minimum atomic E-state index is 0.0239. The zero-order chi connectivity index (χ0) is 13.8. The summed E-state index contributed by atoms with van der Waals surface area (Å²) < 4.78 is 0. The summed E-state index contributed by atoms with van der Waals surface area (Å²) in [6.45, 7) is 2.11. The predicted molar refractivity (Wildman–Crippen MR) is 77.9 cm³/mol. The van der Waals surface area contributed by atoms with Gasteiger partial charge in [-0.2, -0.15) is 0 Å². The molecule has 3 atom stereocenters. The van der Waals surface area contributed by atoms with Gasteiger partial charge in [0.1, 0.15) is 0 Å². The number of carbonyl (C=O) groups is 1. The molecular formula is C15H29N3O. The fourth-order valence-corrected chi connectivity index (χ4v) is 3.73. The van der Waals surface area contributed by atoms with Gasteiger partial charge in [0.25, 0.3) is 0 Å². The van der Waals surface area contributed by atoms with Crippen molar-refractivity contribution in [2.45, 2.75) is 82.5 Å². The number of nitrogens with one attached hydrogen (secondary N) is 1. The maximum atomic E-state index is 12.0. The van der Waals surface area contributed by atoms with Crippen molar-refractivity contribution in [1.82, 2.24) is 10.2 Å². The van der Waals surface area contributed by atoms with E-state index >= 15 is 0 Å². The van der Waals surface area contributed by atoms with Gasteiger partial charge in [-0.25, -0.2) is 0 Å². The minimum Gasteiger partial charge on any atom is -0.353 e. The van der Waals surface area contributed by atoms with E-state index < -0.39 is 0 Å². The molecule has 2 heterocycles. The van der Waals surface area contributed by atoms with E-state index in [2.05, 4.69) is 24.2 Å². The monoisotopic (exact) mass is 267 g/mol. The van der Waals surface area contributed by atoms with Crippen molar-refractivity contribution in [1.29, 1.82) is 0 Å². The molecule has 1 amide bonds. The summed E-state index contributed by atoms with van der Waals surface area (Å²) in [5, 5.41) is 3.21. The summed E-state index contributed by atoms with van der Waals surface area (Å²) >= 11 is 0. The van der Waals surface area contributed by atoms with E-state index in [1.54, 1.807) is 0 Å². The van der Waals surface area contributed by atoms with Crippen LogP contribution >= 0.6 is 0 Å². The molecule has 4 heteroatoms. The lowest BCUT2D eigenvalue weighted by Crippen LogP contribution is -2.55. The Hall–Kier alpha value is -0.610. The highest BCUT2D eigenvalue weighted by Crippen LogP contribution is 2.32. The summed E-state index contributed by atoms with van der Waals surface area (Å²) in [4.78, 5) is 14.5. The number of hydrogen-bond donors (Lipinski definition) is 2. The molecule has 0 aromatic heterocycles. The van der Waals surface area contributed by atoms with Crippen LogP contribution in [-0.4, -0.2) is 42.0 Å². The third-order valence-electron chi connectivity index (χ3n) is 4.81. The van der Waals surface area contributed by atoms with Gasteiger partial charge < -0.3 is 16.0 Å². The van der Waals surface area contributed by atoms with Crippen molar-refractivity contribution in [3.8, 4) is 0 Å². The second-order valence-corrected chi connectivity index (χ2v) is 6.39. The second kappa shape index (κ2) is 6.71. The van der Waals surface area contributed by atoms with Gasteiger partial charge in [-0.15, -0.1) is 0 Å². The van der Waals surface area contributed by atoms with Gasteiger partial charge in [-0.3, -0.25) is 4.79 Å². The Kier molecular flexibility index (Phi) is 5.22. The molecule has 0 saturated carbocycles. The predicted octanol–water partition coefficient (Wildman–Crippen LogP) is 1.64. The summed E-state index contributed by atoms with van der Waals surface area (Å²) in [5.41, 5.74) is 5.94. The Bertz CT molecular complexity index is 294. The lowest BCUT2D eigenvalue weighted by atomic mass is 9.82. The molecule has 0 aromatic rings. The van der Waals surface area contributed by atoms with E-state index in [1.165, 1.54) is 19.3 Å². The molecule has 0 aromatic carbocycles. The number of amides is 1. The first-order valence-electron chi connectivity index (χ1n) is 7.87. The van der Waals surface area contributed by atoms with Crippen LogP contribution in [0.25, 0.3) is 0 Å². The molecular weight excluding hydrogens is 238 g/mol. The molecule has 0 aliphatic carbocycles. The molecule has 19 heavy (non-hydrogen) atoms. The van der Waals surface area contributed by atoms with Crippen LogP contribution in [0, 0.1) is 0 Å². The minimum absolute atomic E-state index is 0.0239. The molecule has 4 nitrogen and oxygen atoms in total. The van der Waals surface area contributed by atoms with E-state index in [0.29, 0.717) is 24.5 Å². The van der Waals surface area contributed by atoms with Crippen LogP contribution in [0.2, 0.25) is 0 Å². The van der Waals surface area contributed by atoms with Crippen LogP contribution in [0.5, 0.6) is 0 Å². The van der Waals surface area contributed by atoms with Gasteiger partial charge in [0.15, 0.2) is 0 Å². The van der Waals surface area contributed by atoms with E-state index in [4.69, 9.17) is 5.73 Å². The van der Waals surface area contributed by atoms with Gasteiger partial charge in [0, 0.05) is 30.6 Å². The van der Waals surface area contributed by atoms with Gasteiger partial charge in [0.05, 0.1) is 0 Å². The highest BCUT2D eigenvalue weighted by atomic mass is 16.1. The lowest BCUT2D eigenvalue weighted by Gasteiger charge is -2.47. The molecule has 2 rings (SSSR count). The zero-order valence-corrected chi connectivity index (χ0v) is 12.4. The second-order valence-electron chi connectivity index (χ2n) is 6.39. The summed E-state index contributed by atoms with van der Waals surface area (Å²) in [6.07, 6.45) is 8.61. The number of nitrogens with two attached hydrogens (primary N) is 1. The highest BCUT2D eigenvalue weighted by Gasteiger charge is 2.36. The van der Waals surface area contributed by atoms with Gasteiger partial charge in [-0.05, 0) is 39.2 Å². The van der Waals surface area contributed by atoms with Crippen LogP contribution < -0.4 is 11.1 Å². The molecule has 2 bridgehead atoms. The molecule has 3 unspecified atom stereocenters. The van der Waals surface area contributed by atoms with Crippen molar-refractivity contribution in [2.75, 3.05) is 7.05 Å². The van der Waals surface area contributed by atoms with Crippen molar-refractivity contribution in [3.63, 3.8) is 0 Å². The summed E-state index contributed by atoms with van der Waals surface area (Å²) in [5.74, 6) is 0.147. The number of piperidine rings is 2. The third kappa shape index (κ3) is 3.93. The normalized spacial score (nSPS) is 32.9.